The van der Waals surface area contributed by atoms with Gasteiger partial charge in [-0.1, -0.05) is 30.3 Å². The summed E-state index contributed by atoms with van der Waals surface area (Å²) in [6.45, 7) is 2.49. The van der Waals surface area contributed by atoms with E-state index in [4.69, 9.17) is 0 Å². The number of nitrogens with zero attached hydrogens (tertiary/aromatic N) is 1. The summed E-state index contributed by atoms with van der Waals surface area (Å²) in [5, 5.41) is 2.99. The largest absolute Gasteiger partial charge is 0.355 e. The Hall–Kier alpha value is -2.67. The molecule has 0 radical (unpaired) electrons. The van der Waals surface area contributed by atoms with Crippen LogP contribution in [0.15, 0.2) is 46.1 Å². The average Bonchev–Trinajstić information content (AvgIpc) is 2.65. The van der Waals surface area contributed by atoms with Gasteiger partial charge in [-0.3, -0.25) is 14.6 Å². The van der Waals surface area contributed by atoms with Crippen molar-refractivity contribution in [2.75, 3.05) is 26.7 Å². The van der Waals surface area contributed by atoms with Crippen LogP contribution in [0.25, 0.3) is 0 Å². The zero-order valence-corrected chi connectivity index (χ0v) is 14.9. The maximum absolute atomic E-state index is 12.4. The van der Waals surface area contributed by atoms with Crippen LogP contribution in [0, 0.1) is 0 Å². The number of likely N-dealkylation sites (tertiary alicyclic amines) is 1. The zero-order chi connectivity index (χ0) is 18.6. The standard InChI is InChI=1S/C19H24N4O3/c1-23-9-7-19(8-10-23,15-5-3-2-4-6-15)13-21-16(24)11-14-12-20-18(26)22-17(14)25/h2-6,12H,7-11,13H2,1H3,(H,21,24)(H2,20,22,25,26). The first-order valence-corrected chi connectivity index (χ1v) is 8.80. The summed E-state index contributed by atoms with van der Waals surface area (Å²) in [5.74, 6) is -0.225. The van der Waals surface area contributed by atoms with Crippen LogP contribution in [0.4, 0.5) is 0 Å². The summed E-state index contributed by atoms with van der Waals surface area (Å²) in [7, 11) is 2.11. The number of aromatic nitrogens is 2. The summed E-state index contributed by atoms with van der Waals surface area (Å²) < 4.78 is 0. The number of H-pyrrole nitrogens is 2. The number of hydrogen-bond donors (Lipinski definition) is 3. The first-order valence-electron chi connectivity index (χ1n) is 8.80. The molecule has 7 nitrogen and oxygen atoms in total. The molecule has 0 atom stereocenters. The van der Waals surface area contributed by atoms with Crippen LogP contribution in [-0.4, -0.2) is 47.5 Å². The molecular weight excluding hydrogens is 332 g/mol. The number of hydrogen-bond acceptors (Lipinski definition) is 4. The minimum Gasteiger partial charge on any atom is -0.355 e. The number of carbonyl (C=O) groups excluding carboxylic acids is 1. The Labute approximate surface area is 151 Å². The van der Waals surface area contributed by atoms with E-state index in [1.54, 1.807) is 0 Å². The Bertz CT molecular complexity index is 864. The van der Waals surface area contributed by atoms with Gasteiger partial charge in [0.05, 0.1) is 6.42 Å². The predicted molar refractivity (Wildman–Crippen MR) is 99.2 cm³/mol. The summed E-state index contributed by atoms with van der Waals surface area (Å²) in [4.78, 5) is 42.0. The van der Waals surface area contributed by atoms with E-state index in [-0.39, 0.29) is 23.3 Å². The van der Waals surface area contributed by atoms with E-state index in [0.29, 0.717) is 6.54 Å². The minimum atomic E-state index is -0.575. The van der Waals surface area contributed by atoms with Gasteiger partial charge in [-0.2, -0.15) is 0 Å². The molecule has 7 heteroatoms. The first-order chi connectivity index (χ1) is 12.5. The Morgan fingerprint density at radius 3 is 2.54 bits per heavy atom. The van der Waals surface area contributed by atoms with Gasteiger partial charge >= 0.3 is 5.69 Å². The molecule has 1 aliphatic heterocycles. The fourth-order valence-corrected chi connectivity index (χ4v) is 3.48. The molecule has 1 saturated heterocycles. The molecule has 0 unspecified atom stereocenters. The van der Waals surface area contributed by atoms with Gasteiger partial charge in [-0.15, -0.1) is 0 Å². The SMILES string of the molecule is CN1CCC(CNC(=O)Cc2c[nH]c(=O)[nH]c2=O)(c2ccccc2)CC1. The van der Waals surface area contributed by atoms with Crippen molar-refractivity contribution < 1.29 is 4.79 Å². The maximum Gasteiger partial charge on any atom is 0.325 e. The molecule has 0 spiro atoms. The summed E-state index contributed by atoms with van der Waals surface area (Å²) in [5.41, 5.74) is 0.282. The zero-order valence-electron chi connectivity index (χ0n) is 14.9. The smallest absolute Gasteiger partial charge is 0.325 e. The quantitative estimate of drug-likeness (QED) is 0.722. The summed E-state index contributed by atoms with van der Waals surface area (Å²) in [6, 6.07) is 10.3. The lowest BCUT2D eigenvalue weighted by Crippen LogP contribution is -2.48. The highest BCUT2D eigenvalue weighted by molar-refractivity contribution is 5.78. The Balaban J connectivity index is 1.71. The summed E-state index contributed by atoms with van der Waals surface area (Å²) >= 11 is 0. The molecule has 1 aromatic carbocycles. The topological polar surface area (TPSA) is 98.1 Å². The second kappa shape index (κ2) is 7.70. The lowest BCUT2D eigenvalue weighted by Gasteiger charge is -2.41. The van der Waals surface area contributed by atoms with Crippen molar-refractivity contribution in [3.63, 3.8) is 0 Å². The van der Waals surface area contributed by atoms with Gasteiger partial charge in [-0.05, 0) is 38.5 Å². The van der Waals surface area contributed by atoms with E-state index >= 15 is 0 Å². The average molecular weight is 356 g/mol. The van der Waals surface area contributed by atoms with Crippen LogP contribution in [-0.2, 0) is 16.6 Å². The van der Waals surface area contributed by atoms with Gasteiger partial charge in [0.15, 0.2) is 0 Å². The van der Waals surface area contributed by atoms with Crippen molar-refractivity contribution >= 4 is 5.91 Å². The molecule has 1 aromatic heterocycles. The van der Waals surface area contributed by atoms with Crippen LogP contribution in [0.1, 0.15) is 24.0 Å². The van der Waals surface area contributed by atoms with Crippen LogP contribution in [0.2, 0.25) is 0 Å². The fourth-order valence-electron chi connectivity index (χ4n) is 3.48. The molecule has 0 bridgehead atoms. The molecule has 26 heavy (non-hydrogen) atoms. The van der Waals surface area contributed by atoms with Gasteiger partial charge in [0.2, 0.25) is 5.91 Å². The van der Waals surface area contributed by atoms with E-state index in [2.05, 4.69) is 39.4 Å². The molecule has 1 aliphatic rings. The number of amides is 1. The van der Waals surface area contributed by atoms with Gasteiger partial charge in [-0.25, -0.2) is 4.79 Å². The van der Waals surface area contributed by atoms with Crippen molar-refractivity contribution in [2.24, 2.45) is 0 Å². The molecule has 3 rings (SSSR count). The maximum atomic E-state index is 12.4. The molecule has 0 saturated carbocycles. The Kier molecular flexibility index (Phi) is 5.37. The molecule has 1 fully saturated rings. The van der Waals surface area contributed by atoms with Crippen molar-refractivity contribution in [3.05, 3.63) is 68.5 Å². The third kappa shape index (κ3) is 4.11. The Morgan fingerprint density at radius 1 is 1.19 bits per heavy atom. The normalized spacial score (nSPS) is 17.0. The second-order valence-electron chi connectivity index (χ2n) is 7.00. The third-order valence-corrected chi connectivity index (χ3v) is 5.20. The second-order valence-corrected chi connectivity index (χ2v) is 7.00. The van der Waals surface area contributed by atoms with Crippen LogP contribution < -0.4 is 16.6 Å². The summed E-state index contributed by atoms with van der Waals surface area (Å²) in [6.07, 6.45) is 3.17. The van der Waals surface area contributed by atoms with E-state index in [1.165, 1.54) is 11.8 Å². The van der Waals surface area contributed by atoms with Crippen molar-refractivity contribution in [3.8, 4) is 0 Å². The number of aromatic amines is 2. The van der Waals surface area contributed by atoms with Crippen molar-refractivity contribution in [1.29, 1.82) is 0 Å². The van der Waals surface area contributed by atoms with Crippen LogP contribution in [0.3, 0.4) is 0 Å². The molecule has 1 amide bonds. The highest BCUT2D eigenvalue weighted by atomic mass is 16.2. The number of benzene rings is 1. The van der Waals surface area contributed by atoms with Gasteiger partial charge in [0.1, 0.15) is 0 Å². The molecule has 0 aliphatic carbocycles. The monoisotopic (exact) mass is 356 g/mol. The first kappa shape index (κ1) is 18.1. The predicted octanol–water partition coefficient (Wildman–Crippen LogP) is 0.386. The van der Waals surface area contributed by atoms with Crippen LogP contribution in [0.5, 0.6) is 0 Å². The number of nitrogens with one attached hydrogen (secondary N) is 3. The number of piperidine rings is 1. The highest BCUT2D eigenvalue weighted by Gasteiger charge is 2.35. The molecule has 2 aromatic rings. The molecule has 2 heterocycles. The lowest BCUT2D eigenvalue weighted by molar-refractivity contribution is -0.120. The Morgan fingerprint density at radius 2 is 1.88 bits per heavy atom. The molecular formula is C19H24N4O3. The molecule has 138 valence electrons. The molecule has 3 N–H and O–H groups in total. The number of carbonyl (C=O) groups is 1. The highest BCUT2D eigenvalue weighted by Crippen LogP contribution is 2.34. The van der Waals surface area contributed by atoms with Crippen LogP contribution >= 0.6 is 0 Å². The van der Waals surface area contributed by atoms with E-state index in [9.17, 15) is 14.4 Å². The number of rotatable bonds is 5. The van der Waals surface area contributed by atoms with Gasteiger partial charge in [0, 0.05) is 23.7 Å². The van der Waals surface area contributed by atoms with Crippen molar-refractivity contribution in [1.82, 2.24) is 20.2 Å². The van der Waals surface area contributed by atoms with E-state index in [0.717, 1.165) is 25.9 Å². The lowest BCUT2D eigenvalue weighted by atomic mass is 9.72. The fraction of sp³-hybridized carbons (Fsp3) is 0.421. The van der Waals surface area contributed by atoms with Gasteiger partial charge in [0.25, 0.3) is 5.56 Å². The van der Waals surface area contributed by atoms with E-state index in [1.807, 2.05) is 18.2 Å². The minimum absolute atomic E-state index is 0.0586. The van der Waals surface area contributed by atoms with Gasteiger partial charge < -0.3 is 15.2 Å². The van der Waals surface area contributed by atoms with E-state index < -0.39 is 11.2 Å². The van der Waals surface area contributed by atoms with Crippen molar-refractivity contribution in [2.45, 2.75) is 24.7 Å². The third-order valence-electron chi connectivity index (χ3n) is 5.20.